The summed E-state index contributed by atoms with van der Waals surface area (Å²) in [6, 6.07) is 12.9. The minimum Gasteiger partial charge on any atom is -0.378 e. The molecule has 2 saturated heterocycles. The molecule has 2 fully saturated rings. The maximum absolute atomic E-state index is 13.3. The van der Waals surface area contributed by atoms with Crippen LogP contribution in [0.3, 0.4) is 0 Å². The third-order valence-electron chi connectivity index (χ3n) is 5.70. The van der Waals surface area contributed by atoms with Gasteiger partial charge in [-0.1, -0.05) is 42.1 Å². The van der Waals surface area contributed by atoms with Gasteiger partial charge in [0.15, 0.2) is 0 Å². The number of pyridine rings is 1. The zero-order valence-electron chi connectivity index (χ0n) is 18.1. The number of hydrogen-bond acceptors (Lipinski definition) is 7. The SMILES string of the molecule is CN1CCN(S(=O)(=O)c2ccc(S[C@@H](C(=O)N3CCOCC3)c3ccccc3)nc2)CC1. The van der Waals surface area contributed by atoms with Gasteiger partial charge in [-0.05, 0) is 24.7 Å². The van der Waals surface area contributed by atoms with E-state index >= 15 is 0 Å². The topological polar surface area (TPSA) is 83.1 Å². The van der Waals surface area contributed by atoms with Gasteiger partial charge in [-0.25, -0.2) is 13.4 Å². The van der Waals surface area contributed by atoms with Crippen molar-refractivity contribution >= 4 is 27.7 Å². The fourth-order valence-electron chi connectivity index (χ4n) is 3.73. The number of benzene rings is 1. The van der Waals surface area contributed by atoms with E-state index in [4.69, 9.17) is 4.74 Å². The van der Waals surface area contributed by atoms with Gasteiger partial charge in [0, 0.05) is 45.5 Å². The molecule has 0 bridgehead atoms. The van der Waals surface area contributed by atoms with Crippen LogP contribution >= 0.6 is 11.8 Å². The molecule has 1 aromatic carbocycles. The third-order valence-corrected chi connectivity index (χ3v) is 8.77. The average molecular weight is 477 g/mol. The Morgan fingerprint density at radius 1 is 1.00 bits per heavy atom. The summed E-state index contributed by atoms with van der Waals surface area (Å²) < 4.78 is 32.8. The maximum atomic E-state index is 13.3. The van der Waals surface area contributed by atoms with Crippen LogP contribution < -0.4 is 0 Å². The quantitative estimate of drug-likeness (QED) is 0.587. The van der Waals surface area contributed by atoms with E-state index in [-0.39, 0.29) is 10.8 Å². The zero-order valence-corrected chi connectivity index (χ0v) is 19.7. The Hall–Kier alpha value is -1.98. The second-order valence-electron chi connectivity index (χ2n) is 7.89. The number of hydrogen-bond donors (Lipinski definition) is 0. The predicted octanol–water partition coefficient (Wildman–Crippen LogP) is 1.71. The van der Waals surface area contributed by atoms with Crippen molar-refractivity contribution in [3.63, 3.8) is 0 Å². The Morgan fingerprint density at radius 2 is 1.69 bits per heavy atom. The van der Waals surface area contributed by atoms with Crippen molar-refractivity contribution < 1.29 is 17.9 Å². The van der Waals surface area contributed by atoms with Gasteiger partial charge in [-0.15, -0.1) is 0 Å². The van der Waals surface area contributed by atoms with Crippen LogP contribution in [0.1, 0.15) is 10.8 Å². The fourth-order valence-corrected chi connectivity index (χ4v) is 6.14. The van der Waals surface area contributed by atoms with Crippen LogP contribution in [0.15, 0.2) is 58.6 Å². The number of piperazine rings is 1. The minimum absolute atomic E-state index is 0.0143. The molecule has 2 aliphatic rings. The van der Waals surface area contributed by atoms with Gasteiger partial charge in [0.25, 0.3) is 0 Å². The van der Waals surface area contributed by atoms with Crippen LogP contribution in [-0.2, 0) is 19.6 Å². The minimum atomic E-state index is -3.57. The second-order valence-corrected chi connectivity index (χ2v) is 10.9. The van der Waals surface area contributed by atoms with E-state index in [1.165, 1.54) is 22.3 Å². The number of likely N-dealkylation sites (N-methyl/N-ethyl adjacent to an activating group) is 1. The molecule has 2 aromatic rings. The highest BCUT2D eigenvalue weighted by atomic mass is 32.2. The number of nitrogens with zero attached hydrogens (tertiary/aromatic N) is 4. The van der Waals surface area contributed by atoms with E-state index in [2.05, 4.69) is 9.88 Å². The number of carbonyl (C=O) groups excluding carboxylic acids is 1. The number of carbonyl (C=O) groups is 1. The van der Waals surface area contributed by atoms with Gasteiger partial charge < -0.3 is 14.5 Å². The summed E-state index contributed by atoms with van der Waals surface area (Å²) in [7, 11) is -1.59. The monoisotopic (exact) mass is 476 g/mol. The van der Waals surface area contributed by atoms with Crippen LogP contribution in [0.2, 0.25) is 0 Å². The molecule has 0 saturated carbocycles. The lowest BCUT2D eigenvalue weighted by atomic mass is 10.1. The molecule has 10 heteroatoms. The highest BCUT2D eigenvalue weighted by molar-refractivity contribution is 8.00. The first-order chi connectivity index (χ1) is 15.4. The van der Waals surface area contributed by atoms with E-state index in [0.29, 0.717) is 57.5 Å². The Labute approximate surface area is 193 Å². The van der Waals surface area contributed by atoms with Crippen LogP contribution in [0.25, 0.3) is 0 Å². The lowest BCUT2D eigenvalue weighted by Gasteiger charge is -2.31. The Kier molecular flexibility index (Phi) is 7.47. The van der Waals surface area contributed by atoms with E-state index in [1.54, 1.807) is 12.1 Å². The molecule has 0 N–H and O–H groups in total. The molecular weight excluding hydrogens is 448 g/mol. The van der Waals surface area contributed by atoms with Gasteiger partial charge in [-0.2, -0.15) is 4.31 Å². The van der Waals surface area contributed by atoms with Gasteiger partial charge in [0.1, 0.15) is 10.1 Å². The van der Waals surface area contributed by atoms with Gasteiger partial charge in [-0.3, -0.25) is 4.79 Å². The molecule has 32 heavy (non-hydrogen) atoms. The molecule has 2 aliphatic heterocycles. The first kappa shape index (κ1) is 23.2. The Balaban J connectivity index is 1.52. The Bertz CT molecular complexity index is 1000. The molecule has 4 rings (SSSR count). The number of ether oxygens (including phenoxy) is 1. The van der Waals surface area contributed by atoms with Crippen LogP contribution in [-0.4, -0.2) is 92.9 Å². The maximum Gasteiger partial charge on any atom is 0.244 e. The van der Waals surface area contributed by atoms with Crippen molar-refractivity contribution in [1.82, 2.24) is 19.1 Å². The fraction of sp³-hybridized carbons (Fsp3) is 0.455. The number of thioether (sulfide) groups is 1. The van der Waals surface area contributed by atoms with Crippen molar-refractivity contribution in [3.05, 3.63) is 54.2 Å². The summed E-state index contributed by atoms with van der Waals surface area (Å²) in [6.45, 7) is 4.58. The number of sulfonamides is 1. The highest BCUT2D eigenvalue weighted by Gasteiger charge is 2.30. The molecule has 0 aliphatic carbocycles. The van der Waals surface area contributed by atoms with E-state index in [0.717, 1.165) is 5.56 Å². The first-order valence-electron chi connectivity index (χ1n) is 10.7. The van der Waals surface area contributed by atoms with Crippen molar-refractivity contribution in [1.29, 1.82) is 0 Å². The standard InChI is InChI=1S/C22H28N4O4S2/c1-24-9-11-26(12-10-24)32(28,29)19-7-8-20(23-17-19)31-21(18-5-3-2-4-6-18)22(27)25-13-15-30-16-14-25/h2-8,17,21H,9-16H2,1H3/t21-/m1/s1. The number of amides is 1. The van der Waals surface area contributed by atoms with Crippen molar-refractivity contribution in [2.24, 2.45) is 0 Å². The molecule has 1 aromatic heterocycles. The van der Waals surface area contributed by atoms with E-state index in [9.17, 15) is 13.2 Å². The van der Waals surface area contributed by atoms with Crippen LogP contribution in [0.5, 0.6) is 0 Å². The molecule has 1 atom stereocenters. The summed E-state index contributed by atoms with van der Waals surface area (Å²) in [4.78, 5) is 21.8. The predicted molar refractivity (Wildman–Crippen MR) is 123 cm³/mol. The number of rotatable bonds is 6. The summed E-state index contributed by atoms with van der Waals surface area (Å²) in [5.74, 6) is 0.0143. The molecular formula is C22H28N4O4S2. The summed E-state index contributed by atoms with van der Waals surface area (Å²) >= 11 is 1.34. The van der Waals surface area contributed by atoms with Crippen molar-refractivity contribution in [2.45, 2.75) is 15.2 Å². The smallest absolute Gasteiger partial charge is 0.244 e. The van der Waals surface area contributed by atoms with Crippen molar-refractivity contribution in [3.8, 4) is 0 Å². The normalized spacial score (nSPS) is 19.6. The molecule has 8 nitrogen and oxygen atoms in total. The molecule has 3 heterocycles. The summed E-state index contributed by atoms with van der Waals surface area (Å²) in [5, 5.41) is 0.152. The molecule has 172 valence electrons. The molecule has 1 amide bonds. The van der Waals surface area contributed by atoms with Gasteiger partial charge >= 0.3 is 0 Å². The second kappa shape index (κ2) is 10.3. The number of morpholine rings is 1. The average Bonchev–Trinajstić information content (AvgIpc) is 2.84. The summed E-state index contributed by atoms with van der Waals surface area (Å²) in [5.41, 5.74) is 0.893. The summed E-state index contributed by atoms with van der Waals surface area (Å²) in [6.07, 6.45) is 1.40. The van der Waals surface area contributed by atoms with E-state index in [1.807, 2.05) is 42.3 Å². The molecule has 0 spiro atoms. The van der Waals surface area contributed by atoms with Gasteiger partial charge in [0.2, 0.25) is 15.9 Å². The van der Waals surface area contributed by atoms with Gasteiger partial charge in [0.05, 0.1) is 18.2 Å². The number of aromatic nitrogens is 1. The third kappa shape index (κ3) is 5.32. The zero-order chi connectivity index (χ0) is 22.6. The molecule has 0 unspecified atom stereocenters. The largest absolute Gasteiger partial charge is 0.378 e. The lowest BCUT2D eigenvalue weighted by Crippen LogP contribution is -2.47. The van der Waals surface area contributed by atoms with Crippen LogP contribution in [0, 0.1) is 0 Å². The van der Waals surface area contributed by atoms with Crippen LogP contribution in [0.4, 0.5) is 0 Å². The lowest BCUT2D eigenvalue weighted by molar-refractivity contribution is -0.134. The molecule has 0 radical (unpaired) electrons. The first-order valence-corrected chi connectivity index (χ1v) is 13.0. The highest BCUT2D eigenvalue weighted by Crippen LogP contribution is 2.36. The van der Waals surface area contributed by atoms with E-state index < -0.39 is 15.3 Å². The van der Waals surface area contributed by atoms with Crippen molar-refractivity contribution in [2.75, 3.05) is 59.5 Å². The Morgan fingerprint density at radius 3 is 2.31 bits per heavy atom.